The number of hydrogen-bond donors (Lipinski definition) is 2. The van der Waals surface area contributed by atoms with E-state index in [1.807, 2.05) is 73.1 Å². The van der Waals surface area contributed by atoms with Gasteiger partial charge in [0.15, 0.2) is 5.11 Å². The molecule has 2 aromatic carbocycles. The predicted octanol–water partition coefficient (Wildman–Crippen LogP) is 6.18. The highest BCUT2D eigenvalue weighted by atomic mass is 32.1. The Balaban J connectivity index is 1.50. The van der Waals surface area contributed by atoms with Gasteiger partial charge in [0.1, 0.15) is 10.6 Å². The van der Waals surface area contributed by atoms with E-state index in [0.717, 1.165) is 38.6 Å². The summed E-state index contributed by atoms with van der Waals surface area (Å²) in [6.45, 7) is 6.75. The normalized spacial score (nSPS) is 10.7. The second kappa shape index (κ2) is 10.2. The van der Waals surface area contributed by atoms with E-state index < -0.39 is 5.97 Å². The highest BCUT2D eigenvalue weighted by molar-refractivity contribution is 7.80. The molecule has 0 aliphatic carbocycles. The molecule has 0 aliphatic rings. The maximum Gasteiger partial charge on any atom is 0.341 e. The molecule has 0 atom stereocenters. The van der Waals surface area contributed by atoms with Gasteiger partial charge in [-0.25, -0.2) is 4.79 Å². The van der Waals surface area contributed by atoms with Crippen LogP contribution in [0.15, 0.2) is 60.7 Å². The van der Waals surface area contributed by atoms with Crippen LogP contribution in [0.5, 0.6) is 0 Å². The average molecular weight is 491 g/mol. The molecule has 0 aliphatic heterocycles. The largest absolute Gasteiger partial charge is 0.465 e. The number of thiophene rings is 1. The highest BCUT2D eigenvalue weighted by Crippen LogP contribution is 2.40. The number of methoxy groups -OCH3 is 1. The second-order valence-electron chi connectivity index (χ2n) is 7.96. The topological polar surface area (TPSA) is 68.2 Å². The molecule has 4 rings (SSSR count). The van der Waals surface area contributed by atoms with Gasteiger partial charge in [-0.05, 0) is 62.3 Å². The molecule has 2 heterocycles. The number of hydrogen-bond acceptors (Lipinski definition) is 5. The van der Waals surface area contributed by atoms with Crippen molar-refractivity contribution >= 4 is 45.3 Å². The number of nitrogens with zero attached hydrogens (tertiary/aromatic N) is 2. The van der Waals surface area contributed by atoms with Gasteiger partial charge in [-0.1, -0.05) is 42.5 Å². The van der Waals surface area contributed by atoms with Crippen LogP contribution < -0.4 is 10.6 Å². The lowest BCUT2D eigenvalue weighted by Gasteiger charge is -2.12. The third kappa shape index (κ3) is 5.18. The summed E-state index contributed by atoms with van der Waals surface area (Å²) in [6, 6.07) is 19.9. The molecule has 2 aromatic heterocycles. The Hall–Kier alpha value is -3.49. The predicted molar refractivity (Wildman–Crippen MR) is 143 cm³/mol. The summed E-state index contributed by atoms with van der Waals surface area (Å²) < 4.78 is 7.07. The number of rotatable bonds is 6. The van der Waals surface area contributed by atoms with E-state index in [1.54, 1.807) is 0 Å². The van der Waals surface area contributed by atoms with Crippen LogP contribution >= 0.6 is 23.6 Å². The fourth-order valence-corrected chi connectivity index (χ4v) is 5.20. The number of ether oxygens (including phenoxy) is 1. The summed E-state index contributed by atoms with van der Waals surface area (Å²) in [5, 5.41) is 12.0. The minimum absolute atomic E-state index is 0.400. The van der Waals surface area contributed by atoms with Crippen LogP contribution in [0.2, 0.25) is 0 Å². The monoisotopic (exact) mass is 490 g/mol. The van der Waals surface area contributed by atoms with Gasteiger partial charge >= 0.3 is 5.97 Å². The van der Waals surface area contributed by atoms with E-state index >= 15 is 0 Å². The zero-order valence-electron chi connectivity index (χ0n) is 19.5. The summed E-state index contributed by atoms with van der Waals surface area (Å²) >= 11 is 7.02. The van der Waals surface area contributed by atoms with Crippen LogP contribution in [-0.2, 0) is 11.3 Å². The zero-order valence-corrected chi connectivity index (χ0v) is 21.1. The molecule has 4 aromatic rings. The first-order valence-corrected chi connectivity index (χ1v) is 12.0. The van der Waals surface area contributed by atoms with Gasteiger partial charge in [0, 0.05) is 21.8 Å². The number of esters is 1. The maximum absolute atomic E-state index is 12.7. The molecule has 0 spiro atoms. The first kappa shape index (κ1) is 23.7. The lowest BCUT2D eigenvalue weighted by molar-refractivity contribution is 0.0603. The van der Waals surface area contributed by atoms with Gasteiger partial charge in [0.25, 0.3) is 0 Å². The molecular weight excluding hydrogens is 464 g/mol. The van der Waals surface area contributed by atoms with E-state index in [2.05, 4.69) is 28.7 Å². The quantitative estimate of drug-likeness (QED) is 0.248. The third-order valence-electron chi connectivity index (χ3n) is 5.41. The zero-order chi connectivity index (χ0) is 24.2. The highest BCUT2D eigenvalue weighted by Gasteiger charge is 2.24. The smallest absolute Gasteiger partial charge is 0.341 e. The van der Waals surface area contributed by atoms with Crippen molar-refractivity contribution in [2.45, 2.75) is 27.3 Å². The van der Waals surface area contributed by atoms with Crippen LogP contribution in [0.3, 0.4) is 0 Å². The Morgan fingerprint density at radius 2 is 1.76 bits per heavy atom. The molecule has 0 saturated heterocycles. The van der Waals surface area contributed by atoms with Gasteiger partial charge in [-0.3, -0.25) is 4.68 Å². The Kier molecular flexibility index (Phi) is 7.09. The number of nitrogens with one attached hydrogen (secondary N) is 2. The molecule has 8 heteroatoms. The van der Waals surface area contributed by atoms with Crippen molar-refractivity contribution in [2.24, 2.45) is 0 Å². The van der Waals surface area contributed by atoms with Crippen LogP contribution in [0.4, 0.5) is 10.7 Å². The lowest BCUT2D eigenvalue weighted by atomic mass is 10.0. The van der Waals surface area contributed by atoms with Gasteiger partial charge in [-0.2, -0.15) is 5.10 Å². The Morgan fingerprint density at radius 1 is 1.06 bits per heavy atom. The Morgan fingerprint density at radius 3 is 2.38 bits per heavy atom. The van der Waals surface area contributed by atoms with Gasteiger partial charge in [0.05, 0.1) is 19.3 Å². The summed E-state index contributed by atoms with van der Waals surface area (Å²) in [4.78, 5) is 13.7. The molecule has 0 saturated carbocycles. The van der Waals surface area contributed by atoms with Crippen molar-refractivity contribution in [3.8, 4) is 11.1 Å². The van der Waals surface area contributed by atoms with Crippen molar-refractivity contribution in [1.29, 1.82) is 0 Å². The number of benzene rings is 2. The molecular formula is C26H26N4O2S2. The molecule has 0 unspecified atom stereocenters. The van der Waals surface area contributed by atoms with Gasteiger partial charge in [0.2, 0.25) is 0 Å². The average Bonchev–Trinajstić information content (AvgIpc) is 3.31. The summed E-state index contributed by atoms with van der Waals surface area (Å²) in [5.41, 5.74) is 6.44. The fourth-order valence-electron chi connectivity index (χ4n) is 3.85. The second-order valence-corrected chi connectivity index (χ2v) is 9.59. The summed E-state index contributed by atoms with van der Waals surface area (Å²) in [5.74, 6) is -0.401. The number of aryl methyl sites for hydroxylation is 3. The number of carbonyl (C=O) groups is 1. The standard InChI is InChI=1S/C26H26N4O2S2/c1-16-14-17(2)30(29-16)15-19-10-12-21(13-11-19)27-26(33)28-24-23(25(31)32-4)22(18(3)34-24)20-8-6-5-7-9-20/h5-14H,15H2,1-4H3,(H2,27,28,33). The van der Waals surface area contributed by atoms with Crippen LogP contribution in [0.1, 0.15) is 32.2 Å². The van der Waals surface area contributed by atoms with E-state index in [4.69, 9.17) is 17.0 Å². The first-order valence-electron chi connectivity index (χ1n) is 10.8. The van der Waals surface area contributed by atoms with Gasteiger partial charge in [-0.15, -0.1) is 11.3 Å². The van der Waals surface area contributed by atoms with E-state index in [-0.39, 0.29) is 0 Å². The number of thiocarbonyl (C=S) groups is 1. The van der Waals surface area contributed by atoms with E-state index in [0.29, 0.717) is 22.2 Å². The first-order chi connectivity index (χ1) is 16.4. The van der Waals surface area contributed by atoms with Crippen LogP contribution in [0.25, 0.3) is 11.1 Å². The molecule has 34 heavy (non-hydrogen) atoms. The molecule has 6 nitrogen and oxygen atoms in total. The number of anilines is 2. The van der Waals surface area contributed by atoms with Crippen molar-refractivity contribution in [2.75, 3.05) is 17.7 Å². The molecule has 0 bridgehead atoms. The summed E-state index contributed by atoms with van der Waals surface area (Å²) in [6.07, 6.45) is 0. The number of carbonyl (C=O) groups excluding carboxylic acids is 1. The lowest BCUT2D eigenvalue weighted by Crippen LogP contribution is -2.20. The molecule has 0 amide bonds. The summed E-state index contributed by atoms with van der Waals surface area (Å²) in [7, 11) is 1.39. The molecule has 0 fully saturated rings. The van der Waals surface area contributed by atoms with E-state index in [1.165, 1.54) is 18.4 Å². The third-order valence-corrected chi connectivity index (χ3v) is 6.64. The van der Waals surface area contributed by atoms with Gasteiger partial charge < -0.3 is 15.4 Å². The number of aromatic nitrogens is 2. The molecule has 2 N–H and O–H groups in total. The van der Waals surface area contributed by atoms with Crippen molar-refractivity contribution in [1.82, 2.24) is 9.78 Å². The minimum atomic E-state index is -0.401. The van der Waals surface area contributed by atoms with Crippen molar-refractivity contribution in [3.63, 3.8) is 0 Å². The minimum Gasteiger partial charge on any atom is -0.465 e. The molecule has 0 radical (unpaired) electrons. The maximum atomic E-state index is 12.7. The van der Waals surface area contributed by atoms with Crippen molar-refractivity contribution < 1.29 is 9.53 Å². The Bertz CT molecular complexity index is 1330. The van der Waals surface area contributed by atoms with Crippen molar-refractivity contribution in [3.05, 3.63) is 88.1 Å². The Labute approximate surface area is 208 Å². The fraction of sp³-hybridized carbons (Fsp3) is 0.192. The molecule has 174 valence electrons. The van der Waals surface area contributed by atoms with E-state index in [9.17, 15) is 4.79 Å². The van der Waals surface area contributed by atoms with Crippen LogP contribution in [0, 0.1) is 20.8 Å². The van der Waals surface area contributed by atoms with Crippen LogP contribution in [-0.4, -0.2) is 28.0 Å². The SMILES string of the molecule is COC(=O)c1c(NC(=S)Nc2ccc(Cn3nc(C)cc3C)cc2)sc(C)c1-c1ccccc1.